The summed E-state index contributed by atoms with van der Waals surface area (Å²) in [5.74, 6) is -0.481. The average molecular weight is 204 g/mol. The first-order chi connectivity index (χ1) is 6.55. The molecule has 0 aliphatic heterocycles. The van der Waals surface area contributed by atoms with E-state index in [9.17, 15) is 0 Å². The Labute approximate surface area is 84.7 Å². The van der Waals surface area contributed by atoms with Gasteiger partial charge in [-0.15, -0.1) is 0 Å². The van der Waals surface area contributed by atoms with Gasteiger partial charge in [-0.05, 0) is 18.3 Å². The fraction of sp³-hybridized carbons (Fsp3) is 1.00. The van der Waals surface area contributed by atoms with E-state index in [1.165, 1.54) is 0 Å². The van der Waals surface area contributed by atoms with Crippen molar-refractivity contribution in [1.82, 2.24) is 0 Å². The summed E-state index contributed by atoms with van der Waals surface area (Å²) in [6.45, 7) is 6.13. The Morgan fingerprint density at radius 3 is 2.21 bits per heavy atom. The SMILES string of the molecule is CC(C)[C@@H]1CC[C@@H](C)CC1(OO)OO. The first-order valence-electron chi connectivity index (χ1n) is 5.21. The lowest BCUT2D eigenvalue weighted by molar-refractivity contribution is -0.510. The summed E-state index contributed by atoms with van der Waals surface area (Å²) in [5, 5.41) is 17.8. The second kappa shape index (κ2) is 4.57. The highest BCUT2D eigenvalue weighted by Crippen LogP contribution is 2.43. The summed E-state index contributed by atoms with van der Waals surface area (Å²) in [5.41, 5.74) is 0. The lowest BCUT2D eigenvalue weighted by atomic mass is 9.73. The minimum atomic E-state index is -1.22. The molecule has 2 N–H and O–H groups in total. The Bertz CT molecular complexity index is 177. The molecule has 4 heteroatoms. The van der Waals surface area contributed by atoms with Gasteiger partial charge in [0.1, 0.15) is 0 Å². The number of hydrogen-bond acceptors (Lipinski definition) is 4. The molecule has 4 nitrogen and oxygen atoms in total. The van der Waals surface area contributed by atoms with Crippen molar-refractivity contribution in [1.29, 1.82) is 0 Å². The molecule has 0 unspecified atom stereocenters. The molecular formula is C10H20O4. The molecule has 0 radical (unpaired) electrons. The topological polar surface area (TPSA) is 58.9 Å². The molecule has 84 valence electrons. The van der Waals surface area contributed by atoms with Crippen LogP contribution in [0.1, 0.15) is 40.0 Å². The molecule has 0 amide bonds. The Morgan fingerprint density at radius 1 is 1.21 bits per heavy atom. The molecule has 1 aliphatic carbocycles. The monoisotopic (exact) mass is 204 g/mol. The van der Waals surface area contributed by atoms with E-state index in [2.05, 4.69) is 16.7 Å². The Kier molecular flexibility index (Phi) is 3.89. The highest BCUT2D eigenvalue weighted by Gasteiger charge is 2.48. The molecule has 14 heavy (non-hydrogen) atoms. The summed E-state index contributed by atoms with van der Waals surface area (Å²) in [6, 6.07) is 0. The van der Waals surface area contributed by atoms with Crippen molar-refractivity contribution in [2.75, 3.05) is 0 Å². The lowest BCUT2D eigenvalue weighted by Crippen LogP contribution is -2.48. The van der Waals surface area contributed by atoms with Crippen LogP contribution in [-0.4, -0.2) is 16.3 Å². The van der Waals surface area contributed by atoms with E-state index in [0.717, 1.165) is 12.8 Å². The van der Waals surface area contributed by atoms with Gasteiger partial charge in [0.25, 0.3) is 0 Å². The van der Waals surface area contributed by atoms with E-state index >= 15 is 0 Å². The van der Waals surface area contributed by atoms with Crippen LogP contribution in [0.2, 0.25) is 0 Å². The Balaban J connectivity index is 2.81. The van der Waals surface area contributed by atoms with Crippen LogP contribution >= 0.6 is 0 Å². The fourth-order valence-corrected chi connectivity index (χ4v) is 2.49. The van der Waals surface area contributed by atoms with Crippen LogP contribution in [0.4, 0.5) is 0 Å². The van der Waals surface area contributed by atoms with Crippen molar-refractivity contribution in [2.45, 2.75) is 45.8 Å². The van der Waals surface area contributed by atoms with Crippen molar-refractivity contribution >= 4 is 0 Å². The molecule has 1 saturated carbocycles. The normalized spacial score (nSPS) is 32.1. The van der Waals surface area contributed by atoms with Crippen LogP contribution < -0.4 is 0 Å². The molecule has 2 atom stereocenters. The zero-order valence-corrected chi connectivity index (χ0v) is 9.06. The Morgan fingerprint density at radius 2 is 1.79 bits per heavy atom. The van der Waals surface area contributed by atoms with Gasteiger partial charge in [-0.1, -0.05) is 27.2 Å². The fourth-order valence-electron chi connectivity index (χ4n) is 2.49. The summed E-state index contributed by atoms with van der Waals surface area (Å²) in [6.07, 6.45) is 2.51. The largest absolute Gasteiger partial charge is 0.249 e. The highest BCUT2D eigenvalue weighted by molar-refractivity contribution is 4.87. The van der Waals surface area contributed by atoms with E-state index < -0.39 is 5.79 Å². The quantitative estimate of drug-likeness (QED) is 0.421. The van der Waals surface area contributed by atoms with Crippen LogP contribution in [0.5, 0.6) is 0 Å². The van der Waals surface area contributed by atoms with Crippen molar-refractivity contribution in [3.8, 4) is 0 Å². The third-order valence-corrected chi connectivity index (χ3v) is 3.28. The molecule has 0 saturated heterocycles. The molecule has 1 rings (SSSR count). The van der Waals surface area contributed by atoms with Crippen molar-refractivity contribution < 1.29 is 20.3 Å². The molecular weight excluding hydrogens is 184 g/mol. The predicted molar refractivity (Wildman–Crippen MR) is 51.5 cm³/mol. The maximum atomic E-state index is 8.89. The summed E-state index contributed by atoms with van der Waals surface area (Å²) < 4.78 is 0. The number of hydrogen-bond donors (Lipinski definition) is 2. The van der Waals surface area contributed by atoms with Gasteiger partial charge in [-0.3, -0.25) is 0 Å². The highest BCUT2D eigenvalue weighted by atomic mass is 17.2. The molecule has 1 aliphatic rings. The van der Waals surface area contributed by atoms with Gasteiger partial charge in [0.05, 0.1) is 0 Å². The standard InChI is InChI=1S/C10H20O4/c1-7(2)9-5-4-8(3)6-10(9,13-11)14-12/h7-9,11-12H,4-6H2,1-3H3/t8-,9+/m1/s1. The van der Waals surface area contributed by atoms with Crippen LogP contribution in [0.15, 0.2) is 0 Å². The van der Waals surface area contributed by atoms with Crippen molar-refractivity contribution in [3.05, 3.63) is 0 Å². The smallest absolute Gasteiger partial charge is 0.236 e. The van der Waals surface area contributed by atoms with Crippen LogP contribution in [0.25, 0.3) is 0 Å². The third kappa shape index (κ3) is 2.08. The zero-order valence-electron chi connectivity index (χ0n) is 9.06. The van der Waals surface area contributed by atoms with E-state index in [4.69, 9.17) is 10.5 Å². The van der Waals surface area contributed by atoms with E-state index in [0.29, 0.717) is 18.3 Å². The Hall–Kier alpha value is -0.160. The average Bonchev–Trinajstić information content (AvgIpc) is 2.16. The van der Waals surface area contributed by atoms with Gasteiger partial charge < -0.3 is 0 Å². The molecule has 0 aromatic heterocycles. The van der Waals surface area contributed by atoms with E-state index in [1.54, 1.807) is 0 Å². The number of rotatable bonds is 3. The van der Waals surface area contributed by atoms with Gasteiger partial charge >= 0.3 is 0 Å². The second-order valence-electron chi connectivity index (χ2n) is 4.73. The predicted octanol–water partition coefficient (Wildman–Crippen LogP) is 2.75. The van der Waals surface area contributed by atoms with Gasteiger partial charge in [0.2, 0.25) is 5.79 Å². The lowest BCUT2D eigenvalue weighted by Gasteiger charge is -2.42. The van der Waals surface area contributed by atoms with Crippen LogP contribution in [0, 0.1) is 17.8 Å². The second-order valence-corrected chi connectivity index (χ2v) is 4.73. The van der Waals surface area contributed by atoms with Gasteiger partial charge in [-0.25, -0.2) is 20.3 Å². The molecule has 0 spiro atoms. The molecule has 0 bridgehead atoms. The molecule has 0 heterocycles. The van der Waals surface area contributed by atoms with Crippen LogP contribution in [-0.2, 0) is 9.78 Å². The summed E-state index contributed by atoms with van der Waals surface area (Å²) in [7, 11) is 0. The zero-order chi connectivity index (χ0) is 10.8. The maximum Gasteiger partial charge on any atom is 0.236 e. The maximum absolute atomic E-state index is 8.89. The van der Waals surface area contributed by atoms with Gasteiger partial charge in [0, 0.05) is 12.3 Å². The first-order valence-corrected chi connectivity index (χ1v) is 5.21. The molecule has 0 aromatic carbocycles. The minimum Gasteiger partial charge on any atom is -0.249 e. The van der Waals surface area contributed by atoms with Crippen molar-refractivity contribution in [2.24, 2.45) is 17.8 Å². The van der Waals surface area contributed by atoms with Gasteiger partial charge in [-0.2, -0.15) is 0 Å². The summed E-state index contributed by atoms with van der Waals surface area (Å²) in [4.78, 5) is 8.80. The van der Waals surface area contributed by atoms with Crippen molar-refractivity contribution in [3.63, 3.8) is 0 Å². The summed E-state index contributed by atoms with van der Waals surface area (Å²) >= 11 is 0. The third-order valence-electron chi connectivity index (χ3n) is 3.28. The van der Waals surface area contributed by atoms with Gasteiger partial charge in [0.15, 0.2) is 0 Å². The van der Waals surface area contributed by atoms with E-state index in [-0.39, 0.29) is 5.92 Å². The molecule has 0 aromatic rings. The van der Waals surface area contributed by atoms with Crippen LogP contribution in [0.3, 0.4) is 0 Å². The van der Waals surface area contributed by atoms with E-state index in [1.807, 2.05) is 13.8 Å². The first kappa shape index (κ1) is 11.9. The molecule has 1 fully saturated rings. The minimum absolute atomic E-state index is 0.0358.